The number of hydrogen-bond acceptors (Lipinski definition) is 7. The van der Waals surface area contributed by atoms with E-state index in [1.165, 1.54) is 6.34 Å². The predicted molar refractivity (Wildman–Crippen MR) is 110 cm³/mol. The van der Waals surface area contributed by atoms with Crippen LogP contribution in [-0.4, -0.2) is 61.8 Å². The highest BCUT2D eigenvalue weighted by molar-refractivity contribution is 6.74. The van der Waals surface area contributed by atoms with Gasteiger partial charge in [0, 0.05) is 18.2 Å². The van der Waals surface area contributed by atoms with Crippen molar-refractivity contribution in [2.24, 2.45) is 20.7 Å². The Balaban J connectivity index is 1.85. The SMILES string of the molecule is C#C[C@]1(CO)O[C@@H](C2=CN=C3C(N)=NC=NC23)C[C@@H]1O[Si](C)(C)C(C)(C)C. The minimum absolute atomic E-state index is 0.0162. The number of hydrogen-bond donors (Lipinski definition) is 2. The zero-order valence-electron chi connectivity index (χ0n) is 16.6. The van der Waals surface area contributed by atoms with E-state index >= 15 is 0 Å². The normalized spacial score (nSPS) is 33.2. The summed E-state index contributed by atoms with van der Waals surface area (Å²) >= 11 is 0. The lowest BCUT2D eigenvalue weighted by Gasteiger charge is -2.41. The van der Waals surface area contributed by atoms with Crippen molar-refractivity contribution in [1.29, 1.82) is 0 Å². The molecule has 3 rings (SSSR count). The van der Waals surface area contributed by atoms with Gasteiger partial charge in [0.05, 0.1) is 18.8 Å². The molecule has 0 aliphatic carbocycles. The Labute approximate surface area is 161 Å². The molecular formula is C19H28N4O3Si. The van der Waals surface area contributed by atoms with Gasteiger partial charge in [-0.05, 0) is 18.1 Å². The van der Waals surface area contributed by atoms with Gasteiger partial charge in [0.1, 0.15) is 23.9 Å². The zero-order chi connectivity index (χ0) is 20.0. The van der Waals surface area contributed by atoms with Crippen molar-refractivity contribution in [1.82, 2.24) is 0 Å². The molecule has 1 saturated heterocycles. The van der Waals surface area contributed by atoms with E-state index in [1.807, 2.05) is 0 Å². The fraction of sp³-hybridized carbons (Fsp3) is 0.632. The van der Waals surface area contributed by atoms with Crippen molar-refractivity contribution in [2.45, 2.75) is 69.2 Å². The smallest absolute Gasteiger partial charge is 0.192 e. The number of aliphatic hydroxyl groups is 1. The van der Waals surface area contributed by atoms with E-state index < -0.39 is 20.0 Å². The predicted octanol–water partition coefficient (Wildman–Crippen LogP) is 1.64. The molecular weight excluding hydrogens is 360 g/mol. The van der Waals surface area contributed by atoms with Crippen molar-refractivity contribution >= 4 is 26.2 Å². The summed E-state index contributed by atoms with van der Waals surface area (Å²) in [6.07, 6.45) is 8.75. The summed E-state index contributed by atoms with van der Waals surface area (Å²) in [5.41, 5.74) is 6.22. The Hall–Kier alpha value is -1.79. The first kappa shape index (κ1) is 20.0. The molecule has 1 fully saturated rings. The highest BCUT2D eigenvalue weighted by Gasteiger charge is 2.54. The summed E-state index contributed by atoms with van der Waals surface area (Å²) in [6, 6.07) is -0.312. The van der Waals surface area contributed by atoms with Crippen LogP contribution < -0.4 is 5.73 Å². The first-order valence-corrected chi connectivity index (χ1v) is 12.0. The number of aliphatic imine (C=N–C) groups is 3. The number of rotatable bonds is 4. The summed E-state index contributed by atoms with van der Waals surface area (Å²) in [6.45, 7) is 10.5. The number of nitrogens with zero attached hydrogens (tertiary/aromatic N) is 3. The number of amidine groups is 1. The molecule has 1 unspecified atom stereocenters. The van der Waals surface area contributed by atoms with Crippen LogP contribution in [0.25, 0.3) is 0 Å². The first-order chi connectivity index (χ1) is 12.5. The van der Waals surface area contributed by atoms with Crippen LogP contribution in [-0.2, 0) is 9.16 Å². The largest absolute Gasteiger partial charge is 0.410 e. The Morgan fingerprint density at radius 2 is 2.15 bits per heavy atom. The summed E-state index contributed by atoms with van der Waals surface area (Å²) in [7, 11) is -2.11. The molecule has 146 valence electrons. The average Bonchev–Trinajstić information content (AvgIpc) is 3.16. The molecule has 0 radical (unpaired) electrons. The summed E-state index contributed by atoms with van der Waals surface area (Å²) in [5, 5.41) is 10.1. The number of nitrogens with two attached hydrogens (primary N) is 1. The van der Waals surface area contributed by atoms with Crippen molar-refractivity contribution in [3.63, 3.8) is 0 Å². The Morgan fingerprint density at radius 3 is 2.74 bits per heavy atom. The first-order valence-electron chi connectivity index (χ1n) is 9.12. The van der Waals surface area contributed by atoms with Crippen LogP contribution in [0.4, 0.5) is 0 Å². The molecule has 27 heavy (non-hydrogen) atoms. The van der Waals surface area contributed by atoms with Gasteiger partial charge in [0.2, 0.25) is 0 Å². The molecule has 7 nitrogen and oxygen atoms in total. The third kappa shape index (κ3) is 3.29. The zero-order valence-corrected chi connectivity index (χ0v) is 17.6. The highest BCUT2D eigenvalue weighted by Crippen LogP contribution is 2.44. The van der Waals surface area contributed by atoms with Crippen LogP contribution in [0.15, 0.2) is 26.8 Å². The van der Waals surface area contributed by atoms with Gasteiger partial charge in [0.15, 0.2) is 13.9 Å². The lowest BCUT2D eigenvalue weighted by Crippen LogP contribution is -2.51. The van der Waals surface area contributed by atoms with Gasteiger partial charge in [0.25, 0.3) is 0 Å². The van der Waals surface area contributed by atoms with Gasteiger partial charge in [-0.15, -0.1) is 6.42 Å². The van der Waals surface area contributed by atoms with Crippen LogP contribution in [0, 0.1) is 12.3 Å². The number of fused-ring (bicyclic) bond motifs is 1. The Morgan fingerprint density at radius 1 is 1.44 bits per heavy atom. The third-order valence-electron chi connectivity index (χ3n) is 6.00. The second-order valence-corrected chi connectivity index (χ2v) is 13.5. The van der Waals surface area contributed by atoms with Gasteiger partial charge < -0.3 is 20.0 Å². The Bertz CT molecular complexity index is 788. The van der Waals surface area contributed by atoms with Gasteiger partial charge in [-0.1, -0.05) is 26.7 Å². The van der Waals surface area contributed by atoms with E-state index in [-0.39, 0.29) is 23.8 Å². The van der Waals surface area contributed by atoms with Gasteiger partial charge in [-0.25, -0.2) is 4.99 Å². The van der Waals surface area contributed by atoms with Crippen molar-refractivity contribution in [3.8, 4) is 12.3 Å². The minimum Gasteiger partial charge on any atom is -0.410 e. The molecule has 0 saturated carbocycles. The summed E-state index contributed by atoms with van der Waals surface area (Å²) < 4.78 is 12.8. The fourth-order valence-electron chi connectivity index (χ4n) is 3.25. The van der Waals surface area contributed by atoms with E-state index in [1.54, 1.807) is 6.20 Å². The van der Waals surface area contributed by atoms with Crippen molar-refractivity contribution in [3.05, 3.63) is 11.8 Å². The standard InChI is InChI=1S/C19H28N4O3Si/c1-7-19(10-24)14(26-27(5,6)18(2,3)4)8-13(25-19)12-9-21-16-15(12)22-11-23-17(16)20/h1,9,11,13-15,24H,8,10H2,2-6H3,(H2,20,22,23)/t13-,14+,15?,19-/m1/s1. The molecule has 3 N–H and O–H groups in total. The van der Waals surface area contributed by atoms with Gasteiger partial charge in [-0.3, -0.25) is 9.98 Å². The Kier molecular flexibility index (Phi) is 4.93. The van der Waals surface area contributed by atoms with Crippen LogP contribution in [0.5, 0.6) is 0 Å². The number of aliphatic hydroxyl groups excluding tert-OH is 1. The number of terminal acetylenes is 1. The van der Waals surface area contributed by atoms with Crippen molar-refractivity contribution < 1.29 is 14.3 Å². The summed E-state index contributed by atoms with van der Waals surface area (Å²) in [5.74, 6) is 3.02. The average molecular weight is 389 g/mol. The molecule has 0 aromatic rings. The molecule has 3 heterocycles. The van der Waals surface area contributed by atoms with E-state index in [9.17, 15) is 5.11 Å². The van der Waals surface area contributed by atoms with E-state index in [4.69, 9.17) is 21.3 Å². The molecule has 8 heteroatoms. The minimum atomic E-state index is -2.11. The molecule has 0 aromatic carbocycles. The number of ether oxygens (including phenoxy) is 1. The van der Waals surface area contributed by atoms with E-state index in [0.717, 1.165) is 5.57 Å². The highest BCUT2D eigenvalue weighted by atomic mass is 28.4. The van der Waals surface area contributed by atoms with Crippen LogP contribution in [0.2, 0.25) is 18.1 Å². The fourth-order valence-corrected chi connectivity index (χ4v) is 4.60. The molecule has 0 amide bonds. The molecule has 0 bridgehead atoms. The van der Waals surface area contributed by atoms with E-state index in [2.05, 4.69) is 54.8 Å². The maximum atomic E-state index is 10.1. The molecule has 4 atom stereocenters. The topological polar surface area (TPSA) is 102 Å². The molecule has 3 aliphatic rings. The van der Waals surface area contributed by atoms with Gasteiger partial charge in [-0.2, -0.15) is 0 Å². The van der Waals surface area contributed by atoms with Gasteiger partial charge >= 0.3 is 0 Å². The lowest BCUT2D eigenvalue weighted by atomic mass is 9.94. The third-order valence-corrected chi connectivity index (χ3v) is 10.5. The molecule has 0 aromatic heterocycles. The lowest BCUT2D eigenvalue weighted by molar-refractivity contribution is -0.0604. The maximum Gasteiger partial charge on any atom is 0.192 e. The monoisotopic (exact) mass is 388 g/mol. The van der Waals surface area contributed by atoms with Crippen LogP contribution in [0.1, 0.15) is 27.2 Å². The van der Waals surface area contributed by atoms with Crippen LogP contribution in [0.3, 0.4) is 0 Å². The quantitative estimate of drug-likeness (QED) is 0.564. The van der Waals surface area contributed by atoms with E-state index in [0.29, 0.717) is 18.0 Å². The summed E-state index contributed by atoms with van der Waals surface area (Å²) in [4.78, 5) is 12.7. The second kappa shape index (κ2) is 6.67. The van der Waals surface area contributed by atoms with Crippen molar-refractivity contribution in [2.75, 3.05) is 6.61 Å². The second-order valence-electron chi connectivity index (χ2n) is 8.73. The molecule has 3 aliphatic heterocycles. The maximum absolute atomic E-state index is 10.1. The molecule has 0 spiro atoms. The van der Waals surface area contributed by atoms with Crippen LogP contribution >= 0.6 is 0 Å².